The summed E-state index contributed by atoms with van der Waals surface area (Å²) in [7, 11) is 0. The second-order valence-electron chi connectivity index (χ2n) is 3.76. The number of hydrogen-bond acceptors (Lipinski definition) is 4. The first kappa shape index (κ1) is 14.6. The smallest absolute Gasteiger partial charge is 0.241 e. The van der Waals surface area contributed by atoms with E-state index in [0.29, 0.717) is 12.1 Å². The first-order valence-corrected chi connectivity index (χ1v) is 5.15. The number of hydrogen-bond donors (Lipinski definition) is 4. The van der Waals surface area contributed by atoms with Gasteiger partial charge in [-0.1, -0.05) is 0 Å². The van der Waals surface area contributed by atoms with Gasteiger partial charge in [-0.3, -0.25) is 9.59 Å². The maximum Gasteiger partial charge on any atom is 0.241 e. The van der Waals surface area contributed by atoms with Crippen LogP contribution in [0.4, 0.5) is 0 Å². The summed E-state index contributed by atoms with van der Waals surface area (Å²) < 4.78 is 0. The van der Waals surface area contributed by atoms with Gasteiger partial charge in [-0.05, 0) is 13.8 Å². The van der Waals surface area contributed by atoms with Gasteiger partial charge in [0.15, 0.2) is 0 Å². The van der Waals surface area contributed by atoms with Crippen molar-refractivity contribution in [1.29, 1.82) is 0 Å². The molecule has 6 N–H and O–H groups in total. The third-order valence-corrected chi connectivity index (χ3v) is 1.96. The molecule has 1 aliphatic heterocycles. The SMILES string of the molecule is C[C@@H]1CN[C@@H](C)CN1.NC(=O)/C=C/C(N)=O. The van der Waals surface area contributed by atoms with Gasteiger partial charge in [0.1, 0.15) is 0 Å². The second-order valence-corrected chi connectivity index (χ2v) is 3.76. The zero-order valence-corrected chi connectivity index (χ0v) is 9.69. The van der Waals surface area contributed by atoms with Crippen LogP contribution in [0, 0.1) is 0 Å². The lowest BCUT2D eigenvalue weighted by Gasteiger charge is -2.26. The van der Waals surface area contributed by atoms with E-state index >= 15 is 0 Å². The van der Waals surface area contributed by atoms with Crippen molar-refractivity contribution in [3.8, 4) is 0 Å². The van der Waals surface area contributed by atoms with Crippen molar-refractivity contribution < 1.29 is 9.59 Å². The van der Waals surface area contributed by atoms with Crippen LogP contribution in [0.15, 0.2) is 12.2 Å². The Balaban J connectivity index is 0.000000281. The molecule has 0 bridgehead atoms. The maximum atomic E-state index is 9.83. The highest BCUT2D eigenvalue weighted by Gasteiger charge is 2.10. The largest absolute Gasteiger partial charge is 0.366 e. The number of nitrogens with one attached hydrogen (secondary N) is 2. The van der Waals surface area contributed by atoms with Crippen LogP contribution in [0.3, 0.4) is 0 Å². The van der Waals surface area contributed by atoms with Crippen molar-refractivity contribution in [3.63, 3.8) is 0 Å². The zero-order valence-electron chi connectivity index (χ0n) is 9.69. The normalized spacial score (nSPS) is 24.6. The second kappa shape index (κ2) is 7.84. The molecule has 0 unspecified atom stereocenters. The van der Waals surface area contributed by atoms with Gasteiger partial charge in [-0.25, -0.2) is 0 Å². The predicted molar refractivity (Wildman–Crippen MR) is 62.5 cm³/mol. The van der Waals surface area contributed by atoms with E-state index in [1.54, 1.807) is 0 Å². The fourth-order valence-electron chi connectivity index (χ4n) is 1.06. The fourth-order valence-corrected chi connectivity index (χ4v) is 1.06. The number of piperazine rings is 1. The summed E-state index contributed by atoms with van der Waals surface area (Å²) >= 11 is 0. The molecule has 0 spiro atoms. The van der Waals surface area contributed by atoms with Crippen molar-refractivity contribution >= 4 is 11.8 Å². The Hall–Kier alpha value is -1.40. The lowest BCUT2D eigenvalue weighted by atomic mass is 10.2. The Bertz CT molecular complexity index is 232. The summed E-state index contributed by atoms with van der Waals surface area (Å²) in [6, 6.07) is 1.32. The van der Waals surface area contributed by atoms with E-state index < -0.39 is 11.8 Å². The van der Waals surface area contributed by atoms with Crippen LogP contribution in [0.2, 0.25) is 0 Å². The minimum atomic E-state index is -0.677. The molecule has 1 heterocycles. The van der Waals surface area contributed by atoms with E-state index in [0.717, 1.165) is 25.2 Å². The minimum absolute atomic E-state index is 0.659. The molecule has 1 saturated heterocycles. The van der Waals surface area contributed by atoms with Crippen molar-refractivity contribution in [2.24, 2.45) is 11.5 Å². The summed E-state index contributed by atoms with van der Waals surface area (Å²) in [6.45, 7) is 6.61. The molecule has 1 fully saturated rings. The van der Waals surface area contributed by atoms with Crippen LogP contribution in [0.5, 0.6) is 0 Å². The standard InChI is InChI=1S/C6H14N2.C4H6N2O2/c1-5-3-8-6(2)4-7-5;5-3(7)1-2-4(6)8/h5-8H,3-4H2,1-2H3;1-2H,(H2,5,7)(H2,6,8)/b;2-1+/t5-,6+;. The van der Waals surface area contributed by atoms with Gasteiger partial charge in [0, 0.05) is 37.3 Å². The first-order chi connectivity index (χ1) is 7.41. The van der Waals surface area contributed by atoms with E-state index in [9.17, 15) is 9.59 Å². The third-order valence-electron chi connectivity index (χ3n) is 1.96. The quantitative estimate of drug-likeness (QED) is 0.430. The lowest BCUT2D eigenvalue weighted by molar-refractivity contribution is -0.115. The van der Waals surface area contributed by atoms with E-state index in [2.05, 4.69) is 35.9 Å². The maximum absolute atomic E-state index is 9.83. The Morgan fingerprint density at radius 3 is 1.50 bits per heavy atom. The highest BCUT2D eigenvalue weighted by atomic mass is 16.1. The molecule has 0 aliphatic carbocycles. The Morgan fingerprint density at radius 1 is 1.00 bits per heavy atom. The Morgan fingerprint density at radius 2 is 1.31 bits per heavy atom. The van der Waals surface area contributed by atoms with Crippen LogP contribution in [0.25, 0.3) is 0 Å². The van der Waals surface area contributed by atoms with Gasteiger partial charge < -0.3 is 22.1 Å². The topological polar surface area (TPSA) is 110 Å². The van der Waals surface area contributed by atoms with Gasteiger partial charge in [0.25, 0.3) is 0 Å². The van der Waals surface area contributed by atoms with E-state index in [1.165, 1.54) is 0 Å². The Labute approximate surface area is 95.4 Å². The van der Waals surface area contributed by atoms with Gasteiger partial charge in [0.2, 0.25) is 11.8 Å². The van der Waals surface area contributed by atoms with Crippen molar-refractivity contribution in [2.45, 2.75) is 25.9 Å². The summed E-state index contributed by atoms with van der Waals surface area (Å²) in [4.78, 5) is 19.7. The van der Waals surface area contributed by atoms with Crippen LogP contribution >= 0.6 is 0 Å². The summed E-state index contributed by atoms with van der Waals surface area (Å²) in [5.41, 5.74) is 9.21. The first-order valence-electron chi connectivity index (χ1n) is 5.15. The molecule has 2 atom stereocenters. The minimum Gasteiger partial charge on any atom is -0.366 e. The molecular weight excluding hydrogens is 208 g/mol. The number of carbonyl (C=O) groups excluding carboxylic acids is 2. The zero-order chi connectivity index (χ0) is 12.6. The van der Waals surface area contributed by atoms with Crippen LogP contribution < -0.4 is 22.1 Å². The molecule has 1 aliphatic rings. The highest BCUT2D eigenvalue weighted by Crippen LogP contribution is 1.89. The molecular formula is C10H20N4O2. The molecule has 6 nitrogen and oxygen atoms in total. The molecule has 16 heavy (non-hydrogen) atoms. The monoisotopic (exact) mass is 228 g/mol. The van der Waals surface area contributed by atoms with Crippen LogP contribution in [-0.2, 0) is 9.59 Å². The number of primary amides is 2. The predicted octanol–water partition coefficient (Wildman–Crippen LogP) is -1.53. The van der Waals surface area contributed by atoms with Gasteiger partial charge in [-0.15, -0.1) is 0 Å². The van der Waals surface area contributed by atoms with Crippen LogP contribution in [0.1, 0.15) is 13.8 Å². The van der Waals surface area contributed by atoms with E-state index in [4.69, 9.17) is 0 Å². The summed E-state index contributed by atoms with van der Waals surface area (Å²) in [5.74, 6) is -1.35. The van der Waals surface area contributed by atoms with Gasteiger partial charge in [-0.2, -0.15) is 0 Å². The third kappa shape index (κ3) is 9.17. The molecule has 0 aromatic rings. The fraction of sp³-hybridized carbons (Fsp3) is 0.600. The summed E-state index contributed by atoms with van der Waals surface area (Å²) in [5, 5.41) is 6.74. The van der Waals surface area contributed by atoms with Gasteiger partial charge in [0.05, 0.1) is 0 Å². The molecule has 92 valence electrons. The molecule has 0 saturated carbocycles. The van der Waals surface area contributed by atoms with Crippen molar-refractivity contribution in [3.05, 3.63) is 12.2 Å². The number of rotatable bonds is 2. The van der Waals surface area contributed by atoms with Crippen molar-refractivity contribution in [1.82, 2.24) is 10.6 Å². The average molecular weight is 228 g/mol. The average Bonchev–Trinajstić information content (AvgIpc) is 2.20. The van der Waals surface area contributed by atoms with Crippen LogP contribution in [-0.4, -0.2) is 37.0 Å². The Kier molecular flexibility index (Phi) is 7.15. The lowest BCUT2D eigenvalue weighted by Crippen LogP contribution is -2.51. The van der Waals surface area contributed by atoms with Crippen molar-refractivity contribution in [2.75, 3.05) is 13.1 Å². The molecule has 0 radical (unpaired) electrons. The van der Waals surface area contributed by atoms with E-state index in [-0.39, 0.29) is 0 Å². The molecule has 0 aromatic carbocycles. The number of carbonyl (C=O) groups is 2. The van der Waals surface area contributed by atoms with E-state index in [1.807, 2.05) is 0 Å². The number of amides is 2. The summed E-state index contributed by atoms with van der Waals surface area (Å²) in [6.07, 6.45) is 1.81. The molecule has 0 aromatic heterocycles. The molecule has 6 heteroatoms. The molecule has 1 rings (SSSR count). The highest BCUT2D eigenvalue weighted by molar-refractivity contribution is 5.95. The van der Waals surface area contributed by atoms with Gasteiger partial charge >= 0.3 is 0 Å². The number of nitrogens with two attached hydrogens (primary N) is 2. The molecule has 2 amide bonds.